The van der Waals surface area contributed by atoms with Gasteiger partial charge in [-0.3, -0.25) is 0 Å². The number of hydrogen-bond acceptors (Lipinski definition) is 1. The van der Waals surface area contributed by atoms with Crippen molar-refractivity contribution in [3.05, 3.63) is 89.0 Å². The highest BCUT2D eigenvalue weighted by Gasteiger charge is 2.41. The van der Waals surface area contributed by atoms with Gasteiger partial charge < -0.3 is 4.74 Å². The number of aryl methyl sites for hydroxylation is 1. The number of rotatable bonds is 5. The van der Waals surface area contributed by atoms with E-state index in [2.05, 4.69) is 15.0 Å². The van der Waals surface area contributed by atoms with Crippen LogP contribution >= 0.6 is 0 Å². The molecule has 3 radical (unpaired) electrons. The Balaban J connectivity index is 1.94. The number of halogens is 4. The molecule has 0 spiro atoms. The summed E-state index contributed by atoms with van der Waals surface area (Å²) in [6, 6.07) is 15.1. The summed E-state index contributed by atoms with van der Waals surface area (Å²) in [4.78, 5) is 0. The molecule has 3 rings (SSSR count). The lowest BCUT2D eigenvalue weighted by molar-refractivity contribution is -0.189. The van der Waals surface area contributed by atoms with E-state index in [1.54, 1.807) is 43.3 Å². The number of alkyl halides is 2. The third kappa shape index (κ3) is 4.22. The molecule has 0 aliphatic rings. The van der Waals surface area contributed by atoms with Crippen molar-refractivity contribution in [3.8, 4) is 16.9 Å². The summed E-state index contributed by atoms with van der Waals surface area (Å²) in [5.74, 6) is -2.92. The molecule has 3 aromatic rings. The van der Waals surface area contributed by atoms with Gasteiger partial charge in [-0.1, -0.05) is 47.5 Å². The van der Waals surface area contributed by atoms with Crippen molar-refractivity contribution in [2.24, 2.45) is 0 Å². The molecule has 0 aliphatic heterocycles. The largest absolute Gasteiger partial charge is 0.432 e. The molecule has 27 heavy (non-hydrogen) atoms. The molecular formula is C21H15F4OSi. The normalized spacial score (nSPS) is 11.5. The number of ether oxygens (including phenoxy) is 1. The van der Waals surface area contributed by atoms with E-state index in [1.807, 2.05) is 0 Å². The minimum atomic E-state index is -4.15. The smallest absolute Gasteiger partial charge is 0.429 e. The van der Waals surface area contributed by atoms with E-state index in [9.17, 15) is 17.6 Å². The second-order valence-electron chi connectivity index (χ2n) is 6.12. The minimum absolute atomic E-state index is 0.167. The average Bonchev–Trinajstić information content (AvgIpc) is 2.62. The van der Waals surface area contributed by atoms with Gasteiger partial charge in [0.1, 0.15) is 22.9 Å². The van der Waals surface area contributed by atoms with Gasteiger partial charge in [-0.2, -0.15) is 8.78 Å². The van der Waals surface area contributed by atoms with Gasteiger partial charge in [-0.25, -0.2) is 8.78 Å². The monoisotopic (exact) mass is 387 g/mol. The third-order valence-electron chi connectivity index (χ3n) is 4.09. The Morgan fingerprint density at radius 2 is 1.41 bits per heavy atom. The summed E-state index contributed by atoms with van der Waals surface area (Å²) in [6.07, 6.45) is -4.15. The lowest BCUT2D eigenvalue weighted by Gasteiger charge is -2.20. The van der Waals surface area contributed by atoms with E-state index >= 15 is 0 Å². The molecular weight excluding hydrogens is 372 g/mol. The third-order valence-corrected chi connectivity index (χ3v) is 4.50. The van der Waals surface area contributed by atoms with Crippen LogP contribution in [0.25, 0.3) is 11.1 Å². The van der Waals surface area contributed by atoms with Gasteiger partial charge in [0, 0.05) is 10.2 Å². The van der Waals surface area contributed by atoms with Gasteiger partial charge in [0.2, 0.25) is 0 Å². The zero-order valence-corrected chi connectivity index (χ0v) is 15.4. The molecule has 1 nitrogen and oxygen atoms in total. The van der Waals surface area contributed by atoms with Crippen LogP contribution in [0.5, 0.6) is 5.75 Å². The van der Waals surface area contributed by atoms with Crippen LogP contribution in [0.1, 0.15) is 16.7 Å². The summed E-state index contributed by atoms with van der Waals surface area (Å²) in [6.45, 7) is 1.78. The molecule has 0 unspecified atom stereocenters. The van der Waals surface area contributed by atoms with Gasteiger partial charge in [-0.05, 0) is 48.4 Å². The van der Waals surface area contributed by atoms with Crippen molar-refractivity contribution in [2.45, 2.75) is 19.1 Å². The highest BCUT2D eigenvalue weighted by atomic mass is 28.1. The van der Waals surface area contributed by atoms with Crippen LogP contribution in [0.15, 0.2) is 60.7 Å². The van der Waals surface area contributed by atoms with Gasteiger partial charge in [-0.15, -0.1) is 0 Å². The van der Waals surface area contributed by atoms with E-state index in [4.69, 9.17) is 0 Å². The molecule has 6 heteroatoms. The molecule has 0 saturated heterocycles. The first-order valence-electron chi connectivity index (χ1n) is 8.17. The summed E-state index contributed by atoms with van der Waals surface area (Å²) in [5, 5.41) is 0. The summed E-state index contributed by atoms with van der Waals surface area (Å²) >= 11 is 0. The van der Waals surface area contributed by atoms with Crippen LogP contribution in [0.3, 0.4) is 0 Å². The molecule has 0 amide bonds. The quantitative estimate of drug-likeness (QED) is 0.401. The molecule has 3 aromatic carbocycles. The molecule has 0 fully saturated rings. The summed E-state index contributed by atoms with van der Waals surface area (Å²) in [5.41, 5.74) is 1.10. The molecule has 0 N–H and O–H groups in total. The zero-order chi connectivity index (χ0) is 19.6. The lowest BCUT2D eigenvalue weighted by atomic mass is 10.0. The van der Waals surface area contributed by atoms with Crippen molar-refractivity contribution < 1.29 is 22.3 Å². The first-order chi connectivity index (χ1) is 12.8. The van der Waals surface area contributed by atoms with Crippen molar-refractivity contribution >= 4 is 10.2 Å². The molecule has 0 heterocycles. The van der Waals surface area contributed by atoms with E-state index in [-0.39, 0.29) is 11.3 Å². The Hall–Kier alpha value is -2.60. The Labute approximate surface area is 158 Å². The maximum atomic E-state index is 14.4. The average molecular weight is 387 g/mol. The van der Waals surface area contributed by atoms with E-state index in [0.29, 0.717) is 11.6 Å². The van der Waals surface area contributed by atoms with E-state index in [1.165, 1.54) is 12.1 Å². The first-order valence-corrected chi connectivity index (χ1v) is 8.88. The van der Waals surface area contributed by atoms with Crippen molar-refractivity contribution in [1.82, 2.24) is 0 Å². The van der Waals surface area contributed by atoms with Crippen LogP contribution in [0.2, 0.25) is 0 Å². The first kappa shape index (κ1) is 19.2. The van der Waals surface area contributed by atoms with Gasteiger partial charge in [0.25, 0.3) is 0 Å². The second-order valence-corrected chi connectivity index (χ2v) is 6.47. The van der Waals surface area contributed by atoms with Crippen molar-refractivity contribution in [3.63, 3.8) is 0 Å². The van der Waals surface area contributed by atoms with E-state index in [0.717, 1.165) is 23.3 Å². The SMILES string of the molecule is Cc1ccc(OC(F)(F)c2c(F)cc(-c3ccc(C[Si])cc3)cc2F)cc1. The molecule has 0 bridgehead atoms. The maximum absolute atomic E-state index is 14.4. The maximum Gasteiger partial charge on any atom is 0.432 e. The highest BCUT2D eigenvalue weighted by molar-refractivity contribution is 6.08. The van der Waals surface area contributed by atoms with Crippen molar-refractivity contribution in [2.75, 3.05) is 0 Å². The highest BCUT2D eigenvalue weighted by Crippen LogP contribution is 2.37. The Morgan fingerprint density at radius 3 is 1.93 bits per heavy atom. The fourth-order valence-electron chi connectivity index (χ4n) is 2.64. The minimum Gasteiger partial charge on any atom is -0.429 e. The van der Waals surface area contributed by atoms with Crippen molar-refractivity contribution in [1.29, 1.82) is 0 Å². The summed E-state index contributed by atoms with van der Waals surface area (Å²) in [7, 11) is 3.36. The topological polar surface area (TPSA) is 9.23 Å². The van der Waals surface area contributed by atoms with Crippen LogP contribution in [0, 0.1) is 18.6 Å². The second kappa shape index (κ2) is 7.56. The molecule has 0 saturated carbocycles. The zero-order valence-electron chi connectivity index (χ0n) is 14.4. The predicted molar refractivity (Wildman–Crippen MR) is 97.0 cm³/mol. The van der Waals surface area contributed by atoms with Gasteiger partial charge in [0.15, 0.2) is 0 Å². The molecule has 0 aromatic heterocycles. The van der Waals surface area contributed by atoms with Gasteiger partial charge in [0.05, 0.1) is 0 Å². The van der Waals surface area contributed by atoms with E-state index < -0.39 is 23.3 Å². The van der Waals surface area contributed by atoms with Crippen LogP contribution in [0.4, 0.5) is 17.6 Å². The summed E-state index contributed by atoms with van der Waals surface area (Å²) < 4.78 is 62.1. The Kier molecular flexibility index (Phi) is 5.37. The van der Waals surface area contributed by atoms with Crippen LogP contribution in [-0.4, -0.2) is 10.2 Å². The lowest BCUT2D eigenvalue weighted by Crippen LogP contribution is -2.25. The number of hydrogen-bond donors (Lipinski definition) is 0. The molecule has 137 valence electrons. The molecule has 0 atom stereocenters. The number of benzene rings is 3. The fourth-order valence-corrected chi connectivity index (χ4v) is 2.87. The van der Waals surface area contributed by atoms with Crippen LogP contribution in [-0.2, 0) is 12.2 Å². The Bertz CT molecular complexity index is 914. The fraction of sp³-hybridized carbons (Fsp3) is 0.143. The standard InChI is InChI=1S/C21H15F4OSi/c1-13-2-8-17(9-3-13)26-21(24,25)20-18(22)10-16(11-19(20)23)15-6-4-14(12-27)5-7-15/h2-11H,12H2,1H3. The molecule has 0 aliphatic carbocycles. The Morgan fingerprint density at radius 1 is 0.852 bits per heavy atom. The predicted octanol–water partition coefficient (Wildman–Crippen LogP) is 5.74. The van der Waals surface area contributed by atoms with Gasteiger partial charge >= 0.3 is 6.11 Å². The van der Waals surface area contributed by atoms with Crippen LogP contribution < -0.4 is 4.74 Å².